The van der Waals surface area contributed by atoms with E-state index in [4.69, 9.17) is 4.74 Å². The van der Waals surface area contributed by atoms with Crippen LogP contribution in [0.25, 0.3) is 11.0 Å². The second kappa shape index (κ2) is 5.33. The van der Waals surface area contributed by atoms with Crippen molar-refractivity contribution in [3.05, 3.63) is 52.5 Å². The van der Waals surface area contributed by atoms with Crippen LogP contribution in [0.4, 0.5) is 4.39 Å². The molecule has 22 heavy (non-hydrogen) atoms. The topological polar surface area (TPSA) is 61.9 Å². The largest absolute Gasteiger partial charge is 0.494 e. The second-order valence-corrected chi connectivity index (χ2v) is 4.51. The summed E-state index contributed by atoms with van der Waals surface area (Å²) in [6.07, 6.45) is 2.78. The van der Waals surface area contributed by atoms with Crippen LogP contribution in [-0.2, 0) is 7.05 Å². The minimum atomic E-state index is -0.544. The molecule has 0 aliphatic rings. The lowest BCUT2D eigenvalue weighted by atomic mass is 10.2. The molecule has 0 aliphatic heterocycles. The fourth-order valence-corrected chi connectivity index (χ4v) is 1.96. The Morgan fingerprint density at radius 2 is 2.18 bits per heavy atom. The number of hydrogen-bond donors (Lipinski definition) is 0. The fraction of sp³-hybridized carbons (Fsp3) is 0.133. The summed E-state index contributed by atoms with van der Waals surface area (Å²) in [6, 6.07) is 7.35. The maximum atomic E-state index is 14.0. The molecule has 2 aromatic heterocycles. The molecule has 0 fully saturated rings. The van der Waals surface area contributed by atoms with Gasteiger partial charge in [0.2, 0.25) is 0 Å². The maximum absolute atomic E-state index is 14.0. The third-order valence-electron chi connectivity index (χ3n) is 3.13. The number of nitrogens with zero attached hydrogens (tertiary/aromatic N) is 4. The first kappa shape index (κ1) is 13.8. The van der Waals surface area contributed by atoms with Crippen molar-refractivity contribution in [1.29, 1.82) is 0 Å². The Balaban J connectivity index is 2.09. The van der Waals surface area contributed by atoms with E-state index in [1.54, 1.807) is 13.1 Å². The highest BCUT2D eigenvalue weighted by Crippen LogP contribution is 2.18. The molecule has 110 valence electrons. The van der Waals surface area contributed by atoms with Gasteiger partial charge in [-0.1, -0.05) is 6.07 Å². The number of benzene rings is 1. The summed E-state index contributed by atoms with van der Waals surface area (Å²) in [7, 11) is 2.99. The van der Waals surface area contributed by atoms with Gasteiger partial charge in [0.25, 0.3) is 5.56 Å². The Morgan fingerprint density at radius 1 is 1.36 bits per heavy atom. The molecule has 0 N–H and O–H groups in total. The van der Waals surface area contributed by atoms with Crippen molar-refractivity contribution in [1.82, 2.24) is 19.3 Å². The molecule has 0 atom stereocenters. The van der Waals surface area contributed by atoms with Crippen molar-refractivity contribution < 1.29 is 9.13 Å². The Bertz CT molecular complexity index is 979. The summed E-state index contributed by atoms with van der Waals surface area (Å²) >= 11 is 0. The average molecular weight is 298 g/mol. The summed E-state index contributed by atoms with van der Waals surface area (Å²) in [5.74, 6) is 2.23. The van der Waals surface area contributed by atoms with Gasteiger partial charge in [-0.3, -0.25) is 4.79 Å². The van der Waals surface area contributed by atoms with Gasteiger partial charge in [-0.2, -0.15) is 9.78 Å². The third kappa shape index (κ3) is 2.20. The van der Waals surface area contributed by atoms with Crippen molar-refractivity contribution in [2.24, 2.45) is 7.05 Å². The molecule has 0 spiro atoms. The summed E-state index contributed by atoms with van der Waals surface area (Å²) < 4.78 is 21.5. The normalized spacial score (nSPS) is 10.3. The second-order valence-electron chi connectivity index (χ2n) is 4.51. The molecule has 0 bridgehead atoms. The lowest BCUT2D eigenvalue weighted by Gasteiger charge is -2.01. The Labute approximate surface area is 124 Å². The molecular formula is C15H11FN4O2. The van der Waals surface area contributed by atoms with Crippen LogP contribution in [0.1, 0.15) is 5.56 Å². The molecule has 0 radical (unpaired) electrons. The predicted molar refractivity (Wildman–Crippen MR) is 78.0 cm³/mol. The van der Waals surface area contributed by atoms with Crippen LogP contribution < -0.4 is 10.3 Å². The van der Waals surface area contributed by atoms with Crippen LogP contribution in [0.2, 0.25) is 0 Å². The average Bonchev–Trinajstić information content (AvgIpc) is 2.94. The first-order valence-corrected chi connectivity index (χ1v) is 6.35. The standard InChI is InChI=1S/C15H11FN4O2/c1-19-9-17-14-11(15(19)21)8-18-20(14)7-6-10-4-3-5-12(22-2)13(10)16/h3-5,8-9H,1-2H3. The summed E-state index contributed by atoms with van der Waals surface area (Å²) in [5.41, 5.74) is 0.288. The van der Waals surface area contributed by atoms with E-state index in [0.717, 1.165) is 0 Å². The van der Waals surface area contributed by atoms with Crippen LogP contribution in [0.3, 0.4) is 0 Å². The number of aromatic nitrogens is 4. The van der Waals surface area contributed by atoms with Gasteiger partial charge in [0.15, 0.2) is 17.2 Å². The number of rotatable bonds is 1. The first-order chi connectivity index (χ1) is 10.6. The van der Waals surface area contributed by atoms with Gasteiger partial charge in [-0.15, -0.1) is 0 Å². The zero-order valence-corrected chi connectivity index (χ0v) is 11.9. The van der Waals surface area contributed by atoms with Crippen molar-refractivity contribution in [2.75, 3.05) is 7.11 Å². The fourth-order valence-electron chi connectivity index (χ4n) is 1.96. The number of halogens is 1. The van der Waals surface area contributed by atoms with E-state index in [1.807, 2.05) is 0 Å². The van der Waals surface area contributed by atoms with E-state index in [0.29, 0.717) is 11.0 Å². The van der Waals surface area contributed by atoms with Gasteiger partial charge < -0.3 is 9.30 Å². The molecule has 0 unspecified atom stereocenters. The van der Waals surface area contributed by atoms with Gasteiger partial charge in [0, 0.05) is 13.1 Å². The minimum Gasteiger partial charge on any atom is -0.494 e. The summed E-state index contributed by atoms with van der Waals surface area (Å²) in [6.45, 7) is 0. The molecule has 3 aromatic rings. The third-order valence-corrected chi connectivity index (χ3v) is 3.13. The number of aryl methyl sites for hydroxylation is 1. The van der Waals surface area contributed by atoms with Crippen LogP contribution in [0.15, 0.2) is 35.5 Å². The zero-order chi connectivity index (χ0) is 15.7. The number of methoxy groups -OCH3 is 1. The molecule has 2 heterocycles. The summed E-state index contributed by atoms with van der Waals surface area (Å²) in [4.78, 5) is 16.0. The lowest BCUT2D eigenvalue weighted by Crippen LogP contribution is -2.16. The van der Waals surface area contributed by atoms with E-state index in [-0.39, 0.29) is 16.9 Å². The molecule has 0 saturated heterocycles. The molecule has 3 rings (SSSR count). The Kier molecular flexibility index (Phi) is 3.35. The van der Waals surface area contributed by atoms with Crippen molar-refractivity contribution in [2.45, 2.75) is 0 Å². The monoisotopic (exact) mass is 298 g/mol. The van der Waals surface area contributed by atoms with Gasteiger partial charge in [0.05, 0.1) is 25.2 Å². The molecule has 0 aliphatic carbocycles. The number of hydrogen-bond acceptors (Lipinski definition) is 4. The highest BCUT2D eigenvalue weighted by molar-refractivity contribution is 5.73. The first-order valence-electron chi connectivity index (χ1n) is 6.35. The Morgan fingerprint density at radius 3 is 2.95 bits per heavy atom. The molecule has 0 saturated carbocycles. The smallest absolute Gasteiger partial charge is 0.264 e. The molecule has 0 amide bonds. The SMILES string of the molecule is COc1cccc(C#Cn2ncc3c(=O)n(C)cnc32)c1F. The number of fused-ring (bicyclic) bond motifs is 1. The quantitative estimate of drug-likeness (QED) is 0.632. The van der Waals surface area contributed by atoms with E-state index < -0.39 is 5.82 Å². The van der Waals surface area contributed by atoms with Crippen LogP contribution >= 0.6 is 0 Å². The molecule has 7 heteroatoms. The maximum Gasteiger partial charge on any atom is 0.264 e. The highest BCUT2D eigenvalue weighted by Gasteiger charge is 2.08. The summed E-state index contributed by atoms with van der Waals surface area (Å²) in [5, 5.41) is 4.35. The minimum absolute atomic E-state index is 0.115. The Hall–Kier alpha value is -3.14. The van der Waals surface area contributed by atoms with E-state index >= 15 is 0 Å². The van der Waals surface area contributed by atoms with E-state index in [1.165, 1.54) is 41.0 Å². The highest BCUT2D eigenvalue weighted by atomic mass is 19.1. The van der Waals surface area contributed by atoms with Crippen LogP contribution in [-0.4, -0.2) is 26.4 Å². The van der Waals surface area contributed by atoms with Crippen molar-refractivity contribution >= 4 is 11.0 Å². The van der Waals surface area contributed by atoms with E-state index in [2.05, 4.69) is 22.0 Å². The van der Waals surface area contributed by atoms with Gasteiger partial charge in [-0.25, -0.2) is 9.37 Å². The zero-order valence-electron chi connectivity index (χ0n) is 11.9. The molecule has 1 aromatic carbocycles. The van der Waals surface area contributed by atoms with Gasteiger partial charge >= 0.3 is 0 Å². The van der Waals surface area contributed by atoms with Crippen LogP contribution in [0, 0.1) is 17.8 Å². The van der Waals surface area contributed by atoms with Gasteiger partial charge in [-0.05, 0) is 18.1 Å². The molecule has 6 nitrogen and oxygen atoms in total. The van der Waals surface area contributed by atoms with Gasteiger partial charge in [0.1, 0.15) is 5.39 Å². The van der Waals surface area contributed by atoms with Crippen LogP contribution in [0.5, 0.6) is 5.75 Å². The molecular weight excluding hydrogens is 287 g/mol. The van der Waals surface area contributed by atoms with Crippen molar-refractivity contribution in [3.63, 3.8) is 0 Å². The van der Waals surface area contributed by atoms with Crippen molar-refractivity contribution in [3.8, 4) is 17.7 Å². The lowest BCUT2D eigenvalue weighted by molar-refractivity contribution is 0.386. The number of ether oxygens (including phenoxy) is 1. The predicted octanol–water partition coefficient (Wildman–Crippen LogP) is 1.13. The van der Waals surface area contributed by atoms with E-state index in [9.17, 15) is 9.18 Å².